The molecule has 0 aliphatic rings. The highest BCUT2D eigenvalue weighted by Gasteiger charge is 2.00. The second-order valence-corrected chi connectivity index (χ2v) is 3.59. The van der Waals surface area contributed by atoms with E-state index in [0.29, 0.717) is 6.10 Å². The van der Waals surface area contributed by atoms with Crippen LogP contribution < -0.4 is 5.32 Å². The van der Waals surface area contributed by atoms with Crippen LogP contribution in [0.1, 0.15) is 33.1 Å². The van der Waals surface area contributed by atoms with Gasteiger partial charge in [0.1, 0.15) is 0 Å². The Morgan fingerprint density at radius 2 is 2.00 bits per heavy atom. The lowest BCUT2D eigenvalue weighted by molar-refractivity contribution is 0.0506. The zero-order valence-electron chi connectivity index (χ0n) is 9.84. The van der Waals surface area contributed by atoms with E-state index in [1.54, 1.807) is 7.11 Å². The van der Waals surface area contributed by atoms with Gasteiger partial charge in [-0.15, -0.1) is 0 Å². The molecule has 1 N–H and O–H groups in total. The third-order valence-electron chi connectivity index (χ3n) is 2.03. The van der Waals surface area contributed by atoms with Gasteiger partial charge in [0.15, 0.2) is 0 Å². The van der Waals surface area contributed by atoms with Crippen molar-refractivity contribution in [1.29, 1.82) is 0 Å². The average molecular weight is 203 g/mol. The Hall–Kier alpha value is -0.120. The van der Waals surface area contributed by atoms with E-state index in [9.17, 15) is 0 Å². The first kappa shape index (κ1) is 13.9. The highest BCUT2D eigenvalue weighted by Crippen LogP contribution is 1.92. The first-order chi connectivity index (χ1) is 6.81. The molecular weight excluding hydrogens is 178 g/mol. The molecule has 0 saturated heterocycles. The van der Waals surface area contributed by atoms with Gasteiger partial charge in [-0.2, -0.15) is 0 Å². The number of ether oxygens (including phenoxy) is 2. The maximum atomic E-state index is 5.58. The van der Waals surface area contributed by atoms with Crippen LogP contribution in [0.3, 0.4) is 0 Å². The smallest absolute Gasteiger partial charge is 0.0671 e. The van der Waals surface area contributed by atoms with E-state index in [1.807, 2.05) is 0 Å². The van der Waals surface area contributed by atoms with E-state index in [2.05, 4.69) is 19.2 Å². The fraction of sp³-hybridized carbons (Fsp3) is 1.00. The second kappa shape index (κ2) is 11.0. The molecule has 3 nitrogen and oxygen atoms in total. The molecule has 0 aromatic carbocycles. The lowest BCUT2D eigenvalue weighted by atomic mass is 10.3. The van der Waals surface area contributed by atoms with Gasteiger partial charge in [0.05, 0.1) is 6.10 Å². The van der Waals surface area contributed by atoms with Gasteiger partial charge in [-0.3, -0.25) is 0 Å². The lowest BCUT2D eigenvalue weighted by Crippen LogP contribution is -2.28. The van der Waals surface area contributed by atoms with Gasteiger partial charge in [-0.1, -0.05) is 13.3 Å². The van der Waals surface area contributed by atoms with E-state index in [0.717, 1.165) is 32.7 Å². The van der Waals surface area contributed by atoms with Crippen molar-refractivity contribution in [1.82, 2.24) is 5.32 Å². The van der Waals surface area contributed by atoms with Crippen molar-refractivity contribution in [2.24, 2.45) is 0 Å². The number of unbranched alkanes of at least 4 members (excludes halogenated alkanes) is 1. The molecule has 0 amide bonds. The van der Waals surface area contributed by atoms with E-state index >= 15 is 0 Å². The Morgan fingerprint density at radius 3 is 2.64 bits per heavy atom. The predicted octanol–water partition coefficient (Wildman–Crippen LogP) is 1.82. The molecule has 0 heterocycles. The summed E-state index contributed by atoms with van der Waals surface area (Å²) in [7, 11) is 1.72. The minimum absolute atomic E-state index is 0.309. The van der Waals surface area contributed by atoms with Gasteiger partial charge in [-0.25, -0.2) is 0 Å². The summed E-state index contributed by atoms with van der Waals surface area (Å²) < 4.78 is 10.5. The SMILES string of the molecule is CCCCNCC(C)OCCCOC. The molecule has 0 spiro atoms. The number of hydrogen-bond donors (Lipinski definition) is 1. The summed E-state index contributed by atoms with van der Waals surface area (Å²) in [4.78, 5) is 0. The minimum atomic E-state index is 0.309. The first-order valence-electron chi connectivity index (χ1n) is 5.62. The van der Waals surface area contributed by atoms with Gasteiger partial charge in [0.25, 0.3) is 0 Å². The Bertz CT molecular complexity index is 97.5. The van der Waals surface area contributed by atoms with Crippen molar-refractivity contribution in [2.45, 2.75) is 39.2 Å². The number of hydrogen-bond acceptors (Lipinski definition) is 3. The zero-order valence-corrected chi connectivity index (χ0v) is 9.84. The summed E-state index contributed by atoms with van der Waals surface area (Å²) in [5.41, 5.74) is 0. The van der Waals surface area contributed by atoms with Crippen LogP contribution in [0.25, 0.3) is 0 Å². The Balaban J connectivity index is 3.07. The molecule has 14 heavy (non-hydrogen) atoms. The fourth-order valence-corrected chi connectivity index (χ4v) is 1.15. The Morgan fingerprint density at radius 1 is 1.21 bits per heavy atom. The van der Waals surface area contributed by atoms with Gasteiger partial charge in [0, 0.05) is 26.9 Å². The minimum Gasteiger partial charge on any atom is -0.385 e. The molecule has 0 aliphatic carbocycles. The normalized spacial score (nSPS) is 13.1. The van der Waals surface area contributed by atoms with E-state index in [-0.39, 0.29) is 0 Å². The zero-order chi connectivity index (χ0) is 10.6. The number of methoxy groups -OCH3 is 1. The van der Waals surface area contributed by atoms with Crippen molar-refractivity contribution in [3.05, 3.63) is 0 Å². The molecule has 1 unspecified atom stereocenters. The van der Waals surface area contributed by atoms with Crippen LogP contribution in [0.4, 0.5) is 0 Å². The standard InChI is InChI=1S/C11H25NO2/c1-4-5-7-12-10-11(2)14-9-6-8-13-3/h11-12H,4-10H2,1-3H3. The molecule has 0 radical (unpaired) electrons. The molecule has 0 bridgehead atoms. The highest BCUT2D eigenvalue weighted by atomic mass is 16.5. The van der Waals surface area contributed by atoms with E-state index in [1.165, 1.54) is 12.8 Å². The van der Waals surface area contributed by atoms with Gasteiger partial charge in [-0.05, 0) is 26.3 Å². The summed E-state index contributed by atoms with van der Waals surface area (Å²) in [6, 6.07) is 0. The summed E-state index contributed by atoms with van der Waals surface area (Å²) in [6.07, 6.45) is 3.78. The average Bonchev–Trinajstić information content (AvgIpc) is 2.19. The molecule has 0 aromatic heterocycles. The Labute approximate surface area is 88.2 Å². The second-order valence-electron chi connectivity index (χ2n) is 3.59. The number of nitrogens with one attached hydrogen (secondary N) is 1. The summed E-state index contributed by atoms with van der Waals surface area (Å²) >= 11 is 0. The topological polar surface area (TPSA) is 30.5 Å². The van der Waals surface area contributed by atoms with Crippen molar-refractivity contribution in [2.75, 3.05) is 33.4 Å². The molecule has 1 atom stereocenters. The van der Waals surface area contributed by atoms with Crippen LogP contribution in [0.5, 0.6) is 0 Å². The molecule has 0 aromatic rings. The van der Waals surface area contributed by atoms with Crippen LogP contribution in [-0.4, -0.2) is 39.5 Å². The maximum absolute atomic E-state index is 5.58. The fourth-order valence-electron chi connectivity index (χ4n) is 1.15. The predicted molar refractivity (Wildman–Crippen MR) is 59.7 cm³/mol. The maximum Gasteiger partial charge on any atom is 0.0671 e. The number of rotatable bonds is 10. The van der Waals surface area contributed by atoms with E-state index in [4.69, 9.17) is 9.47 Å². The van der Waals surface area contributed by atoms with Crippen LogP contribution in [0.2, 0.25) is 0 Å². The molecule has 0 fully saturated rings. The summed E-state index contributed by atoms with van der Waals surface area (Å²) in [6.45, 7) is 7.94. The molecule has 0 aliphatic heterocycles. The van der Waals surface area contributed by atoms with Crippen molar-refractivity contribution in [3.63, 3.8) is 0 Å². The van der Waals surface area contributed by atoms with E-state index < -0.39 is 0 Å². The lowest BCUT2D eigenvalue weighted by Gasteiger charge is -2.13. The van der Waals surface area contributed by atoms with Gasteiger partial charge in [0.2, 0.25) is 0 Å². The third-order valence-corrected chi connectivity index (χ3v) is 2.03. The first-order valence-corrected chi connectivity index (χ1v) is 5.62. The molecule has 0 saturated carbocycles. The van der Waals surface area contributed by atoms with Crippen LogP contribution >= 0.6 is 0 Å². The van der Waals surface area contributed by atoms with Gasteiger partial charge < -0.3 is 14.8 Å². The van der Waals surface area contributed by atoms with Crippen LogP contribution in [0, 0.1) is 0 Å². The molecule has 3 heteroatoms. The highest BCUT2D eigenvalue weighted by molar-refractivity contribution is 4.55. The quantitative estimate of drug-likeness (QED) is 0.549. The molecule has 86 valence electrons. The van der Waals surface area contributed by atoms with Gasteiger partial charge >= 0.3 is 0 Å². The van der Waals surface area contributed by atoms with Crippen molar-refractivity contribution >= 4 is 0 Å². The largest absolute Gasteiger partial charge is 0.385 e. The summed E-state index contributed by atoms with van der Waals surface area (Å²) in [5.74, 6) is 0. The molecule has 0 rings (SSSR count). The summed E-state index contributed by atoms with van der Waals surface area (Å²) in [5, 5.41) is 3.37. The monoisotopic (exact) mass is 203 g/mol. The third kappa shape index (κ3) is 9.96. The van der Waals surface area contributed by atoms with Crippen LogP contribution in [0.15, 0.2) is 0 Å². The van der Waals surface area contributed by atoms with Crippen LogP contribution in [-0.2, 0) is 9.47 Å². The van der Waals surface area contributed by atoms with Crippen molar-refractivity contribution in [3.8, 4) is 0 Å². The Kier molecular flexibility index (Phi) is 10.9. The van der Waals surface area contributed by atoms with Crippen molar-refractivity contribution < 1.29 is 9.47 Å². The molecular formula is C11H25NO2.